The number of thioether (sulfide) groups is 1. The van der Waals surface area contributed by atoms with Crippen molar-refractivity contribution in [1.29, 1.82) is 0 Å². The molecule has 6 heteroatoms. The second kappa shape index (κ2) is 4.90. The number of aliphatic imine (C=N–C) groups is 1. The molecule has 1 heterocycles. The highest BCUT2D eigenvalue weighted by atomic mass is 127. The van der Waals surface area contributed by atoms with Gasteiger partial charge in [0, 0.05) is 15.7 Å². The number of hydrogen-bond acceptors (Lipinski definition) is 3. The first-order valence-corrected chi connectivity index (χ1v) is 7.17. The Balaban J connectivity index is 2.88. The zero-order valence-electron chi connectivity index (χ0n) is 9.03. The van der Waals surface area contributed by atoms with Gasteiger partial charge in [-0.25, -0.2) is 4.79 Å². The smallest absolute Gasteiger partial charge is 0.413 e. The molecule has 0 aliphatic carbocycles. The molecule has 0 saturated heterocycles. The summed E-state index contributed by atoms with van der Waals surface area (Å²) >= 11 is 3.80. The average molecular weight is 342 g/mol. The summed E-state index contributed by atoms with van der Waals surface area (Å²) in [6.45, 7) is 5.63. The average Bonchev–Trinajstić information content (AvgIpc) is 2.49. The minimum absolute atomic E-state index is 0.259. The van der Waals surface area contributed by atoms with Crippen molar-refractivity contribution in [3.8, 4) is 0 Å². The Labute approximate surface area is 108 Å². The fourth-order valence-electron chi connectivity index (χ4n) is 1.26. The molecule has 15 heavy (non-hydrogen) atoms. The van der Waals surface area contributed by atoms with E-state index in [0.29, 0.717) is 5.17 Å². The van der Waals surface area contributed by atoms with Crippen LogP contribution in [0.15, 0.2) is 4.99 Å². The molecule has 0 saturated carbocycles. The van der Waals surface area contributed by atoms with E-state index in [0.717, 1.165) is 10.2 Å². The van der Waals surface area contributed by atoms with Gasteiger partial charge in [0.2, 0.25) is 0 Å². The molecule has 1 unspecified atom stereocenters. The Morgan fingerprint density at radius 3 is 2.67 bits per heavy atom. The highest BCUT2D eigenvalue weighted by Gasteiger charge is 2.34. The molecule has 1 aliphatic heterocycles. The number of alkyl halides is 1. The van der Waals surface area contributed by atoms with Crippen molar-refractivity contribution in [2.45, 2.75) is 32.4 Å². The molecule has 4 nitrogen and oxygen atoms in total. The lowest BCUT2D eigenvalue weighted by Crippen LogP contribution is -2.47. The quantitative estimate of drug-likeness (QED) is 0.589. The predicted octanol–water partition coefficient (Wildman–Crippen LogP) is 2.67. The van der Waals surface area contributed by atoms with Crippen molar-refractivity contribution in [3.63, 3.8) is 0 Å². The maximum atomic E-state index is 11.2. The first kappa shape index (κ1) is 13.1. The third kappa shape index (κ3) is 3.24. The molecular weight excluding hydrogens is 327 g/mol. The van der Waals surface area contributed by atoms with Crippen LogP contribution in [-0.2, 0) is 0 Å². The monoisotopic (exact) mass is 342 g/mol. The summed E-state index contributed by atoms with van der Waals surface area (Å²) in [5, 5.41) is 9.79. The van der Waals surface area contributed by atoms with E-state index in [1.54, 1.807) is 0 Å². The van der Waals surface area contributed by atoms with E-state index in [1.165, 1.54) is 16.7 Å². The van der Waals surface area contributed by atoms with Crippen molar-refractivity contribution < 1.29 is 9.90 Å². The van der Waals surface area contributed by atoms with Gasteiger partial charge in [0.1, 0.15) is 0 Å². The highest BCUT2D eigenvalue weighted by Crippen LogP contribution is 2.27. The molecule has 1 amide bonds. The van der Waals surface area contributed by atoms with E-state index >= 15 is 0 Å². The number of amides is 1. The van der Waals surface area contributed by atoms with Gasteiger partial charge < -0.3 is 5.11 Å². The molecule has 0 aromatic rings. The fourth-order valence-corrected chi connectivity index (χ4v) is 3.43. The molecule has 0 radical (unpaired) electrons. The lowest BCUT2D eigenvalue weighted by Gasteiger charge is -2.32. The maximum Gasteiger partial charge on any atom is 0.413 e. The second-order valence-corrected chi connectivity index (χ2v) is 6.19. The molecule has 0 aromatic heterocycles. The molecule has 86 valence electrons. The SMILES string of the molecule is CC(C)(C)N(C(=O)O)C1=NC(CI)CS1. The van der Waals surface area contributed by atoms with Crippen LogP contribution in [0.1, 0.15) is 20.8 Å². The van der Waals surface area contributed by atoms with Gasteiger partial charge in [0.25, 0.3) is 0 Å². The minimum Gasteiger partial charge on any atom is -0.465 e. The Kier molecular flexibility index (Phi) is 4.28. The van der Waals surface area contributed by atoms with E-state index < -0.39 is 11.6 Å². The molecule has 1 aliphatic rings. The molecule has 1 N–H and O–H groups in total. The molecule has 0 aromatic carbocycles. The summed E-state index contributed by atoms with van der Waals surface area (Å²) in [6, 6.07) is 0.259. The number of nitrogens with zero attached hydrogens (tertiary/aromatic N) is 2. The van der Waals surface area contributed by atoms with Crippen LogP contribution >= 0.6 is 34.4 Å². The van der Waals surface area contributed by atoms with E-state index in [-0.39, 0.29) is 6.04 Å². The van der Waals surface area contributed by atoms with Gasteiger partial charge >= 0.3 is 6.09 Å². The van der Waals surface area contributed by atoms with Crippen LogP contribution in [0.3, 0.4) is 0 Å². The fraction of sp³-hybridized carbons (Fsp3) is 0.778. The van der Waals surface area contributed by atoms with Crippen molar-refractivity contribution in [3.05, 3.63) is 0 Å². The molecule has 1 atom stereocenters. The van der Waals surface area contributed by atoms with Gasteiger partial charge in [-0.15, -0.1) is 0 Å². The number of carbonyl (C=O) groups is 1. The van der Waals surface area contributed by atoms with Gasteiger partial charge in [-0.05, 0) is 20.8 Å². The van der Waals surface area contributed by atoms with Crippen molar-refractivity contribution >= 4 is 45.6 Å². The standard InChI is InChI=1S/C9H15IN2O2S/c1-9(2,3)12(8(13)14)7-11-6(4-10)5-15-7/h6H,4-5H2,1-3H3,(H,13,14). The van der Waals surface area contributed by atoms with Crippen LogP contribution in [0.2, 0.25) is 0 Å². The minimum atomic E-state index is -0.928. The Morgan fingerprint density at radius 1 is 1.73 bits per heavy atom. The molecule has 0 bridgehead atoms. The Morgan fingerprint density at radius 2 is 2.33 bits per heavy atom. The molecule has 0 fully saturated rings. The van der Waals surface area contributed by atoms with Gasteiger partial charge in [0.05, 0.1) is 6.04 Å². The molecule has 0 spiro atoms. The summed E-state index contributed by atoms with van der Waals surface area (Å²) in [5.74, 6) is 0.887. The van der Waals surface area contributed by atoms with Crippen molar-refractivity contribution in [1.82, 2.24) is 4.90 Å². The predicted molar refractivity (Wildman–Crippen MR) is 72.2 cm³/mol. The first-order chi connectivity index (χ1) is 6.86. The number of rotatable bonds is 1. The van der Waals surface area contributed by atoms with Crippen LogP contribution in [0, 0.1) is 0 Å². The lowest BCUT2D eigenvalue weighted by atomic mass is 10.1. The van der Waals surface area contributed by atoms with E-state index in [4.69, 9.17) is 5.11 Å². The summed E-state index contributed by atoms with van der Waals surface area (Å²) < 4.78 is 0.936. The van der Waals surface area contributed by atoms with Gasteiger partial charge in [-0.2, -0.15) is 0 Å². The maximum absolute atomic E-state index is 11.2. The van der Waals surface area contributed by atoms with E-state index in [9.17, 15) is 4.79 Å². The number of halogens is 1. The third-order valence-electron chi connectivity index (χ3n) is 1.93. The first-order valence-electron chi connectivity index (χ1n) is 4.66. The van der Waals surface area contributed by atoms with Crippen LogP contribution in [0.5, 0.6) is 0 Å². The Bertz CT molecular complexity index is 288. The molecular formula is C9H15IN2O2S. The topological polar surface area (TPSA) is 52.9 Å². The third-order valence-corrected chi connectivity index (χ3v) is 4.04. The number of hydrogen-bond donors (Lipinski definition) is 1. The molecule has 1 rings (SSSR count). The summed E-state index contributed by atoms with van der Waals surface area (Å²) in [5.41, 5.74) is -0.433. The zero-order valence-corrected chi connectivity index (χ0v) is 12.0. The lowest BCUT2D eigenvalue weighted by molar-refractivity contribution is 0.142. The Hall–Kier alpha value is 0.0200. The second-order valence-electron chi connectivity index (χ2n) is 4.32. The van der Waals surface area contributed by atoms with Gasteiger partial charge in [-0.3, -0.25) is 9.89 Å². The van der Waals surface area contributed by atoms with Crippen LogP contribution in [0.4, 0.5) is 4.79 Å². The van der Waals surface area contributed by atoms with Gasteiger partial charge in [-0.1, -0.05) is 34.4 Å². The van der Waals surface area contributed by atoms with E-state index in [1.807, 2.05) is 20.8 Å². The largest absolute Gasteiger partial charge is 0.465 e. The van der Waals surface area contributed by atoms with Gasteiger partial charge in [0.15, 0.2) is 5.17 Å². The highest BCUT2D eigenvalue weighted by molar-refractivity contribution is 14.1. The number of amidine groups is 1. The summed E-state index contributed by atoms with van der Waals surface area (Å²) in [6.07, 6.45) is -0.928. The number of carboxylic acid groups (broad SMARTS) is 1. The summed E-state index contributed by atoms with van der Waals surface area (Å²) in [7, 11) is 0. The van der Waals surface area contributed by atoms with Crippen LogP contribution in [0.25, 0.3) is 0 Å². The van der Waals surface area contributed by atoms with Crippen LogP contribution < -0.4 is 0 Å². The van der Waals surface area contributed by atoms with Crippen molar-refractivity contribution in [2.24, 2.45) is 4.99 Å². The van der Waals surface area contributed by atoms with Crippen LogP contribution in [-0.4, -0.2) is 43.0 Å². The van der Waals surface area contributed by atoms with E-state index in [2.05, 4.69) is 27.6 Å². The zero-order chi connectivity index (χ0) is 11.6. The van der Waals surface area contributed by atoms with Crippen molar-refractivity contribution in [2.75, 3.05) is 10.2 Å². The summed E-state index contributed by atoms with van der Waals surface area (Å²) in [4.78, 5) is 16.9. The normalized spacial score (nSPS) is 21.3.